The van der Waals surface area contributed by atoms with Crippen LogP contribution in [0.1, 0.15) is 20.3 Å². The standard InChI is InChI=1S/C20H22N2O4S/c1-3-19(27-16-6-4-5-14(11-16)21-13(2)23)20(24)22-15-7-8-17-18(12-15)26-10-9-25-17/h4-8,11-12,19H,3,9-10H2,1-2H3,(H,21,23)(H,22,24). The first-order chi connectivity index (χ1) is 13.0. The van der Waals surface area contributed by atoms with Gasteiger partial charge in [-0.2, -0.15) is 0 Å². The van der Waals surface area contributed by atoms with Gasteiger partial charge in [-0.15, -0.1) is 11.8 Å². The molecule has 7 heteroatoms. The van der Waals surface area contributed by atoms with Crippen molar-refractivity contribution in [2.45, 2.75) is 30.4 Å². The highest BCUT2D eigenvalue weighted by Crippen LogP contribution is 2.33. The van der Waals surface area contributed by atoms with Gasteiger partial charge in [0.2, 0.25) is 11.8 Å². The molecule has 142 valence electrons. The van der Waals surface area contributed by atoms with E-state index in [9.17, 15) is 9.59 Å². The van der Waals surface area contributed by atoms with E-state index in [-0.39, 0.29) is 17.1 Å². The number of amides is 2. The summed E-state index contributed by atoms with van der Waals surface area (Å²) in [5.41, 5.74) is 1.39. The molecule has 0 saturated heterocycles. The van der Waals surface area contributed by atoms with Crippen LogP contribution >= 0.6 is 11.8 Å². The second-order valence-electron chi connectivity index (χ2n) is 6.07. The summed E-state index contributed by atoms with van der Waals surface area (Å²) in [7, 11) is 0. The molecule has 0 bridgehead atoms. The maximum Gasteiger partial charge on any atom is 0.237 e. The SMILES string of the molecule is CCC(Sc1cccc(NC(C)=O)c1)C(=O)Nc1ccc2c(c1)OCCO2. The summed E-state index contributed by atoms with van der Waals surface area (Å²) in [6.07, 6.45) is 0.672. The van der Waals surface area contributed by atoms with E-state index in [1.165, 1.54) is 18.7 Å². The molecule has 0 radical (unpaired) electrons. The molecule has 0 saturated carbocycles. The Hall–Kier alpha value is -2.67. The minimum Gasteiger partial charge on any atom is -0.486 e. The van der Waals surface area contributed by atoms with Crippen LogP contribution in [0.15, 0.2) is 47.4 Å². The van der Waals surface area contributed by atoms with Crippen LogP contribution in [0.4, 0.5) is 11.4 Å². The van der Waals surface area contributed by atoms with E-state index in [4.69, 9.17) is 9.47 Å². The minimum atomic E-state index is -0.259. The van der Waals surface area contributed by atoms with Gasteiger partial charge in [0.05, 0.1) is 5.25 Å². The van der Waals surface area contributed by atoms with E-state index in [2.05, 4.69) is 10.6 Å². The Morgan fingerprint density at radius 2 is 1.78 bits per heavy atom. The van der Waals surface area contributed by atoms with Gasteiger partial charge in [0.15, 0.2) is 11.5 Å². The third-order valence-electron chi connectivity index (χ3n) is 3.91. The number of nitrogens with one attached hydrogen (secondary N) is 2. The summed E-state index contributed by atoms with van der Waals surface area (Å²) >= 11 is 1.47. The van der Waals surface area contributed by atoms with Gasteiger partial charge in [-0.05, 0) is 36.8 Å². The van der Waals surface area contributed by atoms with Gasteiger partial charge in [-0.1, -0.05) is 13.0 Å². The van der Waals surface area contributed by atoms with Gasteiger partial charge in [-0.3, -0.25) is 9.59 Å². The molecule has 1 heterocycles. The molecule has 1 atom stereocenters. The molecule has 1 aliphatic rings. The number of ether oxygens (including phenoxy) is 2. The van der Waals surface area contributed by atoms with Crippen molar-refractivity contribution in [3.05, 3.63) is 42.5 Å². The van der Waals surface area contributed by atoms with Crippen LogP contribution in [0, 0.1) is 0 Å². The molecule has 2 aromatic carbocycles. The summed E-state index contributed by atoms with van der Waals surface area (Å²) in [6.45, 7) is 4.47. The molecule has 2 amide bonds. The lowest BCUT2D eigenvalue weighted by Gasteiger charge is -2.20. The Morgan fingerprint density at radius 1 is 1.04 bits per heavy atom. The van der Waals surface area contributed by atoms with E-state index in [0.29, 0.717) is 36.8 Å². The molecule has 0 fully saturated rings. The van der Waals surface area contributed by atoms with Crippen LogP contribution in [0.25, 0.3) is 0 Å². The average Bonchev–Trinajstić information content (AvgIpc) is 2.65. The minimum absolute atomic E-state index is 0.0795. The number of carbonyl (C=O) groups excluding carboxylic acids is 2. The van der Waals surface area contributed by atoms with Crippen molar-refractivity contribution in [3.8, 4) is 11.5 Å². The smallest absolute Gasteiger partial charge is 0.237 e. The molecule has 0 aromatic heterocycles. The van der Waals surface area contributed by atoms with Crippen LogP contribution in [-0.4, -0.2) is 30.3 Å². The fourth-order valence-corrected chi connectivity index (χ4v) is 3.69. The van der Waals surface area contributed by atoms with E-state index >= 15 is 0 Å². The van der Waals surface area contributed by atoms with Crippen molar-refractivity contribution >= 4 is 35.0 Å². The predicted molar refractivity (Wildman–Crippen MR) is 107 cm³/mol. The van der Waals surface area contributed by atoms with E-state index in [1.807, 2.05) is 31.2 Å². The topological polar surface area (TPSA) is 76.7 Å². The summed E-state index contributed by atoms with van der Waals surface area (Å²) in [4.78, 5) is 24.8. The first-order valence-corrected chi connectivity index (χ1v) is 9.68. The summed E-state index contributed by atoms with van der Waals surface area (Å²) < 4.78 is 11.1. The fourth-order valence-electron chi connectivity index (χ4n) is 2.68. The number of anilines is 2. The van der Waals surface area contributed by atoms with Gasteiger partial charge in [0.1, 0.15) is 13.2 Å². The first kappa shape index (κ1) is 19.1. The van der Waals surface area contributed by atoms with Gasteiger partial charge in [-0.25, -0.2) is 0 Å². The number of thioether (sulfide) groups is 1. The highest BCUT2D eigenvalue weighted by molar-refractivity contribution is 8.00. The molecule has 0 aliphatic carbocycles. The number of hydrogen-bond acceptors (Lipinski definition) is 5. The second-order valence-corrected chi connectivity index (χ2v) is 7.35. The first-order valence-electron chi connectivity index (χ1n) is 8.80. The lowest BCUT2D eigenvalue weighted by molar-refractivity contribution is -0.116. The van der Waals surface area contributed by atoms with Crippen molar-refractivity contribution in [1.82, 2.24) is 0 Å². The number of hydrogen-bond donors (Lipinski definition) is 2. The van der Waals surface area contributed by atoms with E-state index < -0.39 is 0 Å². The van der Waals surface area contributed by atoms with Gasteiger partial charge < -0.3 is 20.1 Å². The fraction of sp³-hybridized carbons (Fsp3) is 0.300. The number of benzene rings is 2. The molecular weight excluding hydrogens is 364 g/mol. The average molecular weight is 386 g/mol. The summed E-state index contributed by atoms with van der Waals surface area (Å²) in [6, 6.07) is 12.9. The highest BCUT2D eigenvalue weighted by Gasteiger charge is 2.19. The lowest BCUT2D eigenvalue weighted by Crippen LogP contribution is -2.24. The molecule has 1 unspecified atom stereocenters. The van der Waals surface area contributed by atoms with Crippen LogP contribution in [0.2, 0.25) is 0 Å². The second kappa shape index (κ2) is 8.81. The maximum absolute atomic E-state index is 12.7. The molecule has 6 nitrogen and oxygen atoms in total. The lowest BCUT2D eigenvalue weighted by atomic mass is 10.2. The molecular formula is C20H22N2O4S. The van der Waals surface area contributed by atoms with Crippen molar-refractivity contribution in [1.29, 1.82) is 0 Å². The van der Waals surface area contributed by atoms with Crippen molar-refractivity contribution < 1.29 is 19.1 Å². The van der Waals surface area contributed by atoms with E-state index in [0.717, 1.165) is 10.6 Å². The Bertz CT molecular complexity index is 840. The summed E-state index contributed by atoms with van der Waals surface area (Å²) in [5, 5.41) is 5.44. The predicted octanol–water partition coefficient (Wildman–Crippen LogP) is 3.93. The van der Waals surface area contributed by atoms with Crippen molar-refractivity contribution in [2.75, 3.05) is 23.8 Å². The number of fused-ring (bicyclic) bond motifs is 1. The molecule has 3 rings (SSSR count). The molecule has 2 N–H and O–H groups in total. The van der Waals surface area contributed by atoms with Crippen molar-refractivity contribution in [2.24, 2.45) is 0 Å². The van der Waals surface area contributed by atoms with Crippen LogP contribution in [-0.2, 0) is 9.59 Å². The third kappa shape index (κ3) is 5.17. The largest absolute Gasteiger partial charge is 0.486 e. The molecule has 2 aromatic rings. The normalized spacial score (nSPS) is 13.6. The Kier molecular flexibility index (Phi) is 6.24. The van der Waals surface area contributed by atoms with Crippen LogP contribution in [0.3, 0.4) is 0 Å². The van der Waals surface area contributed by atoms with Crippen LogP contribution in [0.5, 0.6) is 11.5 Å². The van der Waals surface area contributed by atoms with Gasteiger partial charge in [0, 0.05) is 29.3 Å². The zero-order valence-electron chi connectivity index (χ0n) is 15.3. The monoisotopic (exact) mass is 386 g/mol. The maximum atomic E-state index is 12.7. The van der Waals surface area contributed by atoms with Crippen LogP contribution < -0.4 is 20.1 Å². The zero-order valence-corrected chi connectivity index (χ0v) is 16.1. The summed E-state index contributed by atoms with van der Waals surface area (Å²) in [5.74, 6) is 1.13. The van der Waals surface area contributed by atoms with Crippen molar-refractivity contribution in [3.63, 3.8) is 0 Å². The van der Waals surface area contributed by atoms with Gasteiger partial charge in [0.25, 0.3) is 0 Å². The Balaban J connectivity index is 1.66. The zero-order chi connectivity index (χ0) is 19.2. The van der Waals surface area contributed by atoms with Gasteiger partial charge >= 0.3 is 0 Å². The van der Waals surface area contributed by atoms with E-state index in [1.54, 1.807) is 18.2 Å². The number of carbonyl (C=O) groups is 2. The molecule has 1 aliphatic heterocycles. The Morgan fingerprint density at radius 3 is 2.52 bits per heavy atom. The number of rotatable bonds is 6. The quantitative estimate of drug-likeness (QED) is 0.736. The Labute approximate surface area is 162 Å². The third-order valence-corrected chi connectivity index (χ3v) is 5.26. The molecule has 27 heavy (non-hydrogen) atoms. The highest BCUT2D eigenvalue weighted by atomic mass is 32.2. The molecule has 0 spiro atoms.